The predicted octanol–water partition coefficient (Wildman–Crippen LogP) is -4.86. The van der Waals surface area contributed by atoms with E-state index in [1.165, 1.54) is 14.0 Å². The second-order valence-corrected chi connectivity index (χ2v) is 8.52. The summed E-state index contributed by atoms with van der Waals surface area (Å²) in [5.41, 5.74) is 0. The van der Waals surface area contributed by atoms with Gasteiger partial charge in [0, 0.05) is 7.11 Å². The van der Waals surface area contributed by atoms with E-state index in [2.05, 4.69) is 0 Å². The lowest BCUT2D eigenvalue weighted by atomic mass is 9.96. The van der Waals surface area contributed by atoms with Gasteiger partial charge in [0.25, 0.3) is 0 Å². The first-order valence-electron chi connectivity index (χ1n) is 10.7. The van der Waals surface area contributed by atoms with Gasteiger partial charge >= 0.3 is 0 Å². The third kappa shape index (κ3) is 5.34. The first-order valence-corrected chi connectivity index (χ1v) is 10.7. The Morgan fingerprint density at radius 1 is 0.576 bits per heavy atom. The summed E-state index contributed by atoms with van der Waals surface area (Å²) in [6.45, 7) is 2.34. The van der Waals surface area contributed by atoms with E-state index in [-0.39, 0.29) is 0 Å². The molecule has 33 heavy (non-hydrogen) atoms. The van der Waals surface area contributed by atoms with Crippen molar-refractivity contribution < 1.29 is 69.3 Å². The molecule has 0 aromatic carbocycles. The van der Waals surface area contributed by atoms with Crippen molar-refractivity contribution in [1.82, 2.24) is 0 Å². The lowest BCUT2D eigenvalue weighted by molar-refractivity contribution is -0.381. The van der Waals surface area contributed by atoms with Gasteiger partial charge in [-0.1, -0.05) is 0 Å². The average Bonchev–Trinajstić information content (AvgIpc) is 2.79. The van der Waals surface area contributed by atoms with Crippen molar-refractivity contribution in [3.05, 3.63) is 0 Å². The van der Waals surface area contributed by atoms with Crippen molar-refractivity contribution in [3.8, 4) is 0 Å². The Morgan fingerprint density at radius 2 is 1.09 bits per heavy atom. The standard InChI is InChI=1S/C19H34O14/c1-5-8(21)10(23)12(25)18(29-5)32-15-6(2)30-17(28-3)14(27)16(15)33-19-13(26)11(24)9(22)7(4-20)31-19/h5-27H,4H2,1-3H3/t5-,6-,7+,8+,9+,10+,11-,12-,13-,14+,15-,16-,17+,18+,19+/m0/s1. The van der Waals surface area contributed by atoms with Crippen LogP contribution in [0.2, 0.25) is 0 Å². The number of aliphatic hydroxyl groups excluding tert-OH is 8. The van der Waals surface area contributed by atoms with Crippen LogP contribution < -0.4 is 0 Å². The Balaban J connectivity index is 1.82. The molecule has 0 unspecified atom stereocenters. The van der Waals surface area contributed by atoms with Crippen LogP contribution in [0.1, 0.15) is 13.8 Å². The molecule has 3 aliphatic rings. The van der Waals surface area contributed by atoms with Crippen LogP contribution in [-0.4, -0.2) is 147 Å². The van der Waals surface area contributed by atoms with Gasteiger partial charge in [0.15, 0.2) is 18.9 Å². The van der Waals surface area contributed by atoms with Crippen molar-refractivity contribution in [3.63, 3.8) is 0 Å². The van der Waals surface area contributed by atoms with Crippen molar-refractivity contribution in [2.45, 2.75) is 106 Å². The number of aliphatic hydroxyl groups is 8. The minimum Gasteiger partial charge on any atom is -0.394 e. The van der Waals surface area contributed by atoms with Crippen molar-refractivity contribution in [2.24, 2.45) is 0 Å². The lowest BCUT2D eigenvalue weighted by Crippen LogP contribution is -2.66. The van der Waals surface area contributed by atoms with Gasteiger partial charge in [0.2, 0.25) is 0 Å². The molecule has 0 bridgehead atoms. The highest BCUT2D eigenvalue weighted by molar-refractivity contribution is 4.95. The number of hydrogen-bond acceptors (Lipinski definition) is 14. The van der Waals surface area contributed by atoms with Crippen LogP contribution in [0, 0.1) is 0 Å². The fourth-order valence-corrected chi connectivity index (χ4v) is 4.14. The van der Waals surface area contributed by atoms with Crippen LogP contribution in [0.3, 0.4) is 0 Å². The predicted molar refractivity (Wildman–Crippen MR) is 103 cm³/mol. The Kier molecular flexibility index (Phi) is 9.02. The summed E-state index contributed by atoms with van der Waals surface area (Å²) < 4.78 is 33.0. The zero-order valence-corrected chi connectivity index (χ0v) is 18.4. The van der Waals surface area contributed by atoms with E-state index in [1.807, 2.05) is 0 Å². The van der Waals surface area contributed by atoms with Gasteiger partial charge < -0.3 is 69.3 Å². The molecule has 14 heteroatoms. The van der Waals surface area contributed by atoms with E-state index in [0.29, 0.717) is 0 Å². The van der Waals surface area contributed by atoms with E-state index in [4.69, 9.17) is 28.4 Å². The molecule has 194 valence electrons. The Labute approximate surface area is 189 Å². The highest BCUT2D eigenvalue weighted by Gasteiger charge is 2.53. The molecular formula is C19H34O14. The number of ether oxygens (including phenoxy) is 6. The third-order valence-corrected chi connectivity index (χ3v) is 6.22. The molecule has 3 rings (SSSR count). The monoisotopic (exact) mass is 486 g/mol. The first-order chi connectivity index (χ1) is 15.5. The van der Waals surface area contributed by atoms with E-state index >= 15 is 0 Å². The summed E-state index contributed by atoms with van der Waals surface area (Å²) in [5.74, 6) is 0. The van der Waals surface area contributed by atoms with Crippen LogP contribution in [0.25, 0.3) is 0 Å². The summed E-state index contributed by atoms with van der Waals surface area (Å²) in [6.07, 6.45) is -20.9. The van der Waals surface area contributed by atoms with Gasteiger partial charge in [0.1, 0.15) is 61.0 Å². The third-order valence-electron chi connectivity index (χ3n) is 6.22. The molecule has 0 aromatic rings. The van der Waals surface area contributed by atoms with E-state index < -0.39 is 98.7 Å². The molecule has 14 nitrogen and oxygen atoms in total. The van der Waals surface area contributed by atoms with Gasteiger partial charge in [-0.25, -0.2) is 0 Å². The van der Waals surface area contributed by atoms with Crippen molar-refractivity contribution in [1.29, 1.82) is 0 Å². The molecule has 15 atom stereocenters. The summed E-state index contributed by atoms with van der Waals surface area (Å²) in [7, 11) is 1.28. The van der Waals surface area contributed by atoms with Crippen LogP contribution in [0.4, 0.5) is 0 Å². The minimum atomic E-state index is -1.75. The summed E-state index contributed by atoms with van der Waals surface area (Å²) in [4.78, 5) is 0. The smallest absolute Gasteiger partial charge is 0.187 e. The van der Waals surface area contributed by atoms with Crippen LogP contribution in [0.15, 0.2) is 0 Å². The van der Waals surface area contributed by atoms with E-state index in [0.717, 1.165) is 0 Å². The Hall–Kier alpha value is -0.560. The second kappa shape index (κ2) is 11.0. The molecule has 0 amide bonds. The minimum absolute atomic E-state index is 0.682. The van der Waals surface area contributed by atoms with Gasteiger partial charge in [-0.3, -0.25) is 0 Å². The molecule has 3 saturated heterocycles. The number of methoxy groups -OCH3 is 1. The Morgan fingerprint density at radius 3 is 1.67 bits per heavy atom. The second-order valence-electron chi connectivity index (χ2n) is 8.52. The quantitative estimate of drug-likeness (QED) is 0.177. The fraction of sp³-hybridized carbons (Fsp3) is 1.00. The normalized spacial score (nSPS) is 53.7. The molecule has 0 radical (unpaired) electrons. The van der Waals surface area contributed by atoms with Gasteiger partial charge in [0.05, 0.1) is 18.8 Å². The molecule has 0 aliphatic carbocycles. The summed E-state index contributed by atoms with van der Waals surface area (Å²) >= 11 is 0. The average molecular weight is 486 g/mol. The summed E-state index contributed by atoms with van der Waals surface area (Å²) in [5, 5.41) is 80.8. The van der Waals surface area contributed by atoms with Crippen LogP contribution >= 0.6 is 0 Å². The molecule has 8 N–H and O–H groups in total. The van der Waals surface area contributed by atoms with E-state index in [1.54, 1.807) is 6.92 Å². The fourth-order valence-electron chi connectivity index (χ4n) is 4.14. The molecular weight excluding hydrogens is 452 g/mol. The molecule has 0 spiro atoms. The van der Waals surface area contributed by atoms with Gasteiger partial charge in [-0.15, -0.1) is 0 Å². The van der Waals surface area contributed by atoms with Gasteiger partial charge in [-0.2, -0.15) is 0 Å². The zero-order valence-electron chi connectivity index (χ0n) is 18.4. The molecule has 3 fully saturated rings. The molecule has 3 heterocycles. The van der Waals surface area contributed by atoms with Crippen molar-refractivity contribution >= 4 is 0 Å². The Bertz CT molecular complexity index is 623. The van der Waals surface area contributed by atoms with Crippen LogP contribution in [0.5, 0.6) is 0 Å². The van der Waals surface area contributed by atoms with Crippen LogP contribution in [-0.2, 0) is 28.4 Å². The zero-order chi connectivity index (χ0) is 24.6. The number of rotatable bonds is 6. The molecule has 3 aliphatic heterocycles. The first kappa shape index (κ1) is 27.0. The molecule has 0 aromatic heterocycles. The number of hydrogen-bond donors (Lipinski definition) is 8. The maximum Gasteiger partial charge on any atom is 0.187 e. The molecule has 0 saturated carbocycles. The highest BCUT2D eigenvalue weighted by atomic mass is 16.8. The maximum absolute atomic E-state index is 10.8. The van der Waals surface area contributed by atoms with Gasteiger partial charge in [-0.05, 0) is 13.8 Å². The lowest BCUT2D eigenvalue weighted by Gasteiger charge is -2.48. The van der Waals surface area contributed by atoms with Crippen molar-refractivity contribution in [2.75, 3.05) is 13.7 Å². The topological polar surface area (TPSA) is 217 Å². The SMILES string of the molecule is CO[C@@H]1O[C@@H](C)[C@H](O[C@H]2O[C@@H](C)[C@@H](O)[C@@H](O)[C@@H]2O)[C@@H](O[C@H]2O[C@H](CO)[C@@H](O)[C@H](O)[C@@H]2O)[C@H]1O. The van der Waals surface area contributed by atoms with E-state index in [9.17, 15) is 40.9 Å². The largest absolute Gasteiger partial charge is 0.394 e. The maximum atomic E-state index is 10.8. The summed E-state index contributed by atoms with van der Waals surface area (Å²) in [6, 6.07) is 0. The highest BCUT2D eigenvalue weighted by Crippen LogP contribution is 2.33.